The highest BCUT2D eigenvalue weighted by Gasteiger charge is 2.25. The van der Waals surface area contributed by atoms with Gasteiger partial charge in [-0.3, -0.25) is 4.79 Å². The molecule has 0 spiro atoms. The molecule has 0 atom stereocenters. The maximum atomic E-state index is 12.9. The number of aryl methyl sites for hydroxylation is 2. The number of nitrogens with zero attached hydrogens (tertiary/aromatic N) is 1. The molecule has 8 nitrogen and oxygen atoms in total. The Balaban J connectivity index is 2.39. The summed E-state index contributed by atoms with van der Waals surface area (Å²) in [5.41, 5.74) is 2.67. The minimum Gasteiger partial charge on any atom is -0.462 e. The van der Waals surface area contributed by atoms with Crippen LogP contribution in [0.3, 0.4) is 0 Å². The van der Waals surface area contributed by atoms with Crippen LogP contribution in [0.1, 0.15) is 58.4 Å². The summed E-state index contributed by atoms with van der Waals surface area (Å²) in [5, 5.41) is 2.76. The van der Waals surface area contributed by atoms with Crippen molar-refractivity contribution < 1.29 is 22.7 Å². The zero-order valence-electron chi connectivity index (χ0n) is 18.3. The monoisotopic (exact) mass is 435 g/mol. The highest BCUT2D eigenvalue weighted by Crippen LogP contribution is 2.25. The van der Waals surface area contributed by atoms with Crippen LogP contribution in [0, 0.1) is 20.8 Å². The Kier molecular flexibility index (Phi) is 7.44. The zero-order valence-corrected chi connectivity index (χ0v) is 19.1. The van der Waals surface area contributed by atoms with Crippen molar-refractivity contribution in [3.63, 3.8) is 0 Å². The first-order valence-electron chi connectivity index (χ1n) is 9.86. The van der Waals surface area contributed by atoms with Gasteiger partial charge in [-0.15, -0.1) is 0 Å². The van der Waals surface area contributed by atoms with Gasteiger partial charge in [-0.25, -0.2) is 13.2 Å². The summed E-state index contributed by atoms with van der Waals surface area (Å²) in [7, 11) is -3.66. The Hall–Kier alpha value is -2.65. The van der Waals surface area contributed by atoms with Gasteiger partial charge in [0.25, 0.3) is 5.91 Å². The Labute approximate surface area is 177 Å². The number of hydrogen-bond donors (Lipinski definition) is 2. The van der Waals surface area contributed by atoms with Gasteiger partial charge in [0.1, 0.15) is 5.69 Å². The van der Waals surface area contributed by atoms with Gasteiger partial charge in [0.05, 0.1) is 17.1 Å². The van der Waals surface area contributed by atoms with Crippen molar-refractivity contribution in [2.75, 3.05) is 25.0 Å². The molecule has 30 heavy (non-hydrogen) atoms. The molecule has 0 aliphatic rings. The lowest BCUT2D eigenvalue weighted by molar-refractivity contribution is 0.0525. The van der Waals surface area contributed by atoms with Crippen LogP contribution in [0.2, 0.25) is 0 Å². The largest absolute Gasteiger partial charge is 0.462 e. The third kappa shape index (κ3) is 4.57. The molecule has 9 heteroatoms. The summed E-state index contributed by atoms with van der Waals surface area (Å²) in [4.78, 5) is 28.1. The molecule has 1 aromatic carbocycles. The molecule has 0 aliphatic heterocycles. The number of rotatable bonds is 8. The highest BCUT2D eigenvalue weighted by atomic mass is 32.2. The van der Waals surface area contributed by atoms with Crippen LogP contribution in [0.15, 0.2) is 23.1 Å². The fraction of sp³-hybridized carbons (Fsp3) is 0.429. The van der Waals surface area contributed by atoms with E-state index in [2.05, 4.69) is 10.3 Å². The average molecular weight is 436 g/mol. The number of hydrogen-bond acceptors (Lipinski definition) is 5. The van der Waals surface area contributed by atoms with Crippen LogP contribution in [-0.4, -0.2) is 49.3 Å². The maximum absolute atomic E-state index is 12.9. The third-order valence-corrected chi connectivity index (χ3v) is 6.99. The average Bonchev–Trinajstić information content (AvgIpc) is 2.98. The molecule has 0 saturated heterocycles. The molecular formula is C21H29N3O5S. The number of ether oxygens (including phenoxy) is 1. The molecular weight excluding hydrogens is 406 g/mol. The Bertz CT molecular complexity index is 1050. The van der Waals surface area contributed by atoms with E-state index in [0.717, 1.165) is 0 Å². The van der Waals surface area contributed by atoms with E-state index >= 15 is 0 Å². The lowest BCUT2D eigenvalue weighted by atomic mass is 10.1. The molecule has 0 radical (unpaired) electrons. The van der Waals surface area contributed by atoms with Crippen molar-refractivity contribution in [2.45, 2.75) is 46.4 Å². The Morgan fingerprint density at radius 1 is 1.10 bits per heavy atom. The van der Waals surface area contributed by atoms with Gasteiger partial charge in [-0.2, -0.15) is 4.31 Å². The number of aromatic amines is 1. The van der Waals surface area contributed by atoms with E-state index in [-0.39, 0.29) is 17.2 Å². The Morgan fingerprint density at radius 3 is 2.30 bits per heavy atom. The fourth-order valence-corrected chi connectivity index (χ4v) is 4.76. The quantitative estimate of drug-likeness (QED) is 0.618. The van der Waals surface area contributed by atoms with E-state index in [1.165, 1.54) is 16.4 Å². The maximum Gasteiger partial charge on any atom is 0.340 e. The lowest BCUT2D eigenvalue weighted by Crippen LogP contribution is -2.30. The van der Waals surface area contributed by atoms with E-state index in [0.29, 0.717) is 41.2 Å². The summed E-state index contributed by atoms with van der Waals surface area (Å²) in [5.74, 6) is -0.960. The lowest BCUT2D eigenvalue weighted by Gasteiger charge is -2.19. The number of carbonyl (C=O) groups excluding carboxylic acids is 2. The molecule has 164 valence electrons. The molecule has 2 N–H and O–H groups in total. The highest BCUT2D eigenvalue weighted by molar-refractivity contribution is 7.89. The van der Waals surface area contributed by atoms with Gasteiger partial charge in [-0.05, 0) is 51.0 Å². The van der Waals surface area contributed by atoms with Gasteiger partial charge in [0, 0.05) is 24.5 Å². The summed E-state index contributed by atoms with van der Waals surface area (Å²) in [6.45, 7) is 11.3. The molecule has 0 saturated carbocycles. The molecule has 1 aromatic heterocycles. The standard InChI is InChI=1S/C21H29N3O5S/c1-7-24(8-2)30(27,28)16-11-10-13(4)17(12-16)23-20(25)19-14(5)18(15(6)22-19)21(26)29-9-3/h10-12,22H,7-9H2,1-6H3,(H,23,25). The summed E-state index contributed by atoms with van der Waals surface area (Å²) in [6.07, 6.45) is 0. The molecule has 1 amide bonds. The summed E-state index contributed by atoms with van der Waals surface area (Å²) < 4.78 is 32.0. The number of anilines is 1. The van der Waals surface area contributed by atoms with Gasteiger partial charge < -0.3 is 15.0 Å². The molecule has 2 aromatic rings. The number of sulfonamides is 1. The van der Waals surface area contributed by atoms with Crippen molar-refractivity contribution >= 4 is 27.6 Å². The molecule has 2 rings (SSSR count). The molecule has 0 bridgehead atoms. The number of esters is 1. The van der Waals surface area contributed by atoms with Gasteiger partial charge in [-0.1, -0.05) is 19.9 Å². The van der Waals surface area contributed by atoms with Crippen LogP contribution in [0.4, 0.5) is 5.69 Å². The summed E-state index contributed by atoms with van der Waals surface area (Å²) >= 11 is 0. The van der Waals surface area contributed by atoms with Gasteiger partial charge in [0.2, 0.25) is 10.0 Å². The topological polar surface area (TPSA) is 109 Å². The van der Waals surface area contributed by atoms with Gasteiger partial charge >= 0.3 is 5.97 Å². The smallest absolute Gasteiger partial charge is 0.340 e. The van der Waals surface area contributed by atoms with Crippen LogP contribution in [0.5, 0.6) is 0 Å². The molecule has 0 fully saturated rings. The van der Waals surface area contributed by atoms with Crippen LogP contribution < -0.4 is 5.32 Å². The second-order valence-corrected chi connectivity index (χ2v) is 8.80. The van der Waals surface area contributed by atoms with Crippen molar-refractivity contribution in [1.82, 2.24) is 9.29 Å². The number of amides is 1. The predicted octanol–water partition coefficient (Wildman–Crippen LogP) is 3.40. The zero-order chi connectivity index (χ0) is 22.6. The first-order valence-corrected chi connectivity index (χ1v) is 11.3. The SMILES string of the molecule is CCOC(=O)c1c(C)[nH]c(C(=O)Nc2cc(S(=O)(=O)N(CC)CC)ccc2C)c1C. The molecule has 0 aliphatic carbocycles. The normalized spacial score (nSPS) is 11.6. The van der Waals surface area contributed by atoms with E-state index in [9.17, 15) is 18.0 Å². The second-order valence-electron chi connectivity index (χ2n) is 6.87. The third-order valence-electron chi connectivity index (χ3n) is 4.94. The van der Waals surface area contributed by atoms with Gasteiger partial charge in [0.15, 0.2) is 0 Å². The first kappa shape index (κ1) is 23.6. The summed E-state index contributed by atoms with van der Waals surface area (Å²) in [6, 6.07) is 4.64. The number of H-pyrrole nitrogens is 1. The fourth-order valence-electron chi connectivity index (χ4n) is 3.28. The minimum atomic E-state index is -3.66. The van der Waals surface area contributed by atoms with E-state index in [4.69, 9.17) is 4.74 Å². The second kappa shape index (κ2) is 9.44. The minimum absolute atomic E-state index is 0.110. The number of nitrogens with one attached hydrogen (secondary N) is 2. The number of aromatic nitrogens is 1. The Morgan fingerprint density at radius 2 is 1.73 bits per heavy atom. The van der Waals surface area contributed by atoms with E-state index in [1.807, 2.05) is 0 Å². The van der Waals surface area contributed by atoms with Crippen molar-refractivity contribution in [3.8, 4) is 0 Å². The molecule has 1 heterocycles. The van der Waals surface area contributed by atoms with Crippen molar-refractivity contribution in [2.24, 2.45) is 0 Å². The number of carbonyl (C=O) groups is 2. The van der Waals surface area contributed by atoms with Crippen LogP contribution in [-0.2, 0) is 14.8 Å². The van der Waals surface area contributed by atoms with Crippen LogP contribution in [0.25, 0.3) is 0 Å². The number of benzene rings is 1. The van der Waals surface area contributed by atoms with E-state index < -0.39 is 21.9 Å². The predicted molar refractivity (Wildman–Crippen MR) is 115 cm³/mol. The van der Waals surface area contributed by atoms with Crippen molar-refractivity contribution in [1.29, 1.82) is 0 Å². The molecule has 0 unspecified atom stereocenters. The first-order chi connectivity index (χ1) is 14.1. The van der Waals surface area contributed by atoms with E-state index in [1.54, 1.807) is 47.6 Å². The van der Waals surface area contributed by atoms with Crippen LogP contribution >= 0.6 is 0 Å². The van der Waals surface area contributed by atoms with Crippen molar-refractivity contribution in [3.05, 3.63) is 46.3 Å².